The molecule has 30 heavy (non-hydrogen) atoms. The molecule has 158 valence electrons. The Bertz CT molecular complexity index is 1030. The van der Waals surface area contributed by atoms with Gasteiger partial charge in [0, 0.05) is 17.5 Å². The maximum absolute atomic E-state index is 13.4. The minimum Gasteiger partial charge on any atom is -0.490 e. The van der Waals surface area contributed by atoms with E-state index >= 15 is 0 Å². The third-order valence-electron chi connectivity index (χ3n) is 4.97. The standard InChI is InChI=1S/C23H23I2NO4/c1-3-26(4-2)10-12-29-23-17(24)13-15(14-18(23)25)22(28)21-16-7-5-6-8-19(16)30-20(21)9-11-27/h5-8,11,13-14H,3-4,9-10,12H2,1-2H3. The van der Waals surface area contributed by atoms with Crippen molar-refractivity contribution >= 4 is 68.2 Å². The average Bonchev–Trinajstić information content (AvgIpc) is 3.10. The Morgan fingerprint density at radius 1 is 1.13 bits per heavy atom. The molecule has 1 aromatic heterocycles. The quantitative estimate of drug-likeness (QED) is 0.172. The van der Waals surface area contributed by atoms with E-state index in [2.05, 4.69) is 63.9 Å². The second-order valence-electron chi connectivity index (χ2n) is 6.74. The highest BCUT2D eigenvalue weighted by molar-refractivity contribution is 14.1. The van der Waals surface area contributed by atoms with Gasteiger partial charge in [-0.3, -0.25) is 4.79 Å². The van der Waals surface area contributed by atoms with Gasteiger partial charge in [0.1, 0.15) is 30.0 Å². The molecule has 0 bridgehead atoms. The van der Waals surface area contributed by atoms with Crippen LogP contribution in [0.3, 0.4) is 0 Å². The van der Waals surface area contributed by atoms with Crippen LogP contribution in [-0.2, 0) is 11.2 Å². The topological polar surface area (TPSA) is 59.8 Å². The van der Waals surface area contributed by atoms with E-state index in [4.69, 9.17) is 9.15 Å². The van der Waals surface area contributed by atoms with Gasteiger partial charge in [-0.25, -0.2) is 0 Å². The van der Waals surface area contributed by atoms with Crippen LogP contribution in [0.15, 0.2) is 40.8 Å². The lowest BCUT2D eigenvalue weighted by atomic mass is 9.99. The number of hydrogen-bond donors (Lipinski definition) is 0. The van der Waals surface area contributed by atoms with Crippen molar-refractivity contribution in [3.8, 4) is 5.75 Å². The zero-order valence-corrected chi connectivity index (χ0v) is 21.2. The molecule has 0 aliphatic rings. The molecular formula is C23H23I2NO4. The Morgan fingerprint density at radius 2 is 1.80 bits per heavy atom. The van der Waals surface area contributed by atoms with E-state index in [1.165, 1.54) is 0 Å². The number of ketones is 1. The summed E-state index contributed by atoms with van der Waals surface area (Å²) in [6.07, 6.45) is 0.825. The van der Waals surface area contributed by atoms with Gasteiger partial charge in [-0.2, -0.15) is 0 Å². The molecule has 5 nitrogen and oxygen atoms in total. The van der Waals surface area contributed by atoms with E-state index < -0.39 is 0 Å². The van der Waals surface area contributed by atoms with Crippen molar-refractivity contribution in [2.45, 2.75) is 20.3 Å². The molecule has 0 saturated heterocycles. The molecule has 0 N–H and O–H groups in total. The number of halogens is 2. The summed E-state index contributed by atoms with van der Waals surface area (Å²) >= 11 is 4.41. The number of likely N-dealkylation sites (N-methyl/N-ethyl adjacent to an activating group) is 1. The van der Waals surface area contributed by atoms with Crippen LogP contribution >= 0.6 is 45.2 Å². The molecule has 0 radical (unpaired) electrons. The molecule has 0 amide bonds. The summed E-state index contributed by atoms with van der Waals surface area (Å²) in [6, 6.07) is 11.0. The van der Waals surface area contributed by atoms with Crippen molar-refractivity contribution in [3.05, 3.63) is 60.4 Å². The molecule has 0 fully saturated rings. The fourth-order valence-electron chi connectivity index (χ4n) is 3.35. The van der Waals surface area contributed by atoms with Crippen molar-refractivity contribution < 1.29 is 18.7 Å². The molecule has 0 atom stereocenters. The number of carbonyl (C=O) groups is 2. The maximum Gasteiger partial charge on any atom is 0.197 e. The molecule has 0 unspecified atom stereocenters. The molecule has 0 saturated carbocycles. The van der Waals surface area contributed by atoms with E-state index in [1.54, 1.807) is 6.07 Å². The van der Waals surface area contributed by atoms with E-state index in [0.29, 0.717) is 29.1 Å². The zero-order chi connectivity index (χ0) is 21.7. The number of benzene rings is 2. The highest BCUT2D eigenvalue weighted by atomic mass is 127. The number of furan rings is 1. The predicted octanol–water partition coefficient (Wildman–Crippen LogP) is 5.34. The summed E-state index contributed by atoms with van der Waals surface area (Å²) in [5.41, 5.74) is 1.62. The number of para-hydroxylation sites is 1. The average molecular weight is 631 g/mol. The summed E-state index contributed by atoms with van der Waals surface area (Å²) in [4.78, 5) is 26.8. The Labute approximate surface area is 203 Å². The van der Waals surface area contributed by atoms with Crippen LogP contribution in [0.5, 0.6) is 5.75 Å². The first-order valence-electron chi connectivity index (χ1n) is 9.83. The Hall–Kier alpha value is -1.46. The molecule has 3 rings (SSSR count). The van der Waals surface area contributed by atoms with Gasteiger partial charge in [0.2, 0.25) is 0 Å². The fourth-order valence-corrected chi connectivity index (χ4v) is 5.43. The van der Waals surface area contributed by atoms with Gasteiger partial charge in [-0.1, -0.05) is 32.0 Å². The third kappa shape index (κ3) is 5.05. The number of ether oxygens (including phenoxy) is 1. The van der Waals surface area contributed by atoms with Crippen molar-refractivity contribution in [1.29, 1.82) is 0 Å². The Kier molecular flexibility index (Phi) is 8.29. The van der Waals surface area contributed by atoms with Gasteiger partial charge in [-0.05, 0) is 76.5 Å². The molecule has 7 heteroatoms. The first-order valence-corrected chi connectivity index (χ1v) is 12.0. The molecule has 1 heterocycles. The Morgan fingerprint density at radius 3 is 2.43 bits per heavy atom. The van der Waals surface area contributed by atoms with E-state index in [0.717, 1.165) is 44.2 Å². The van der Waals surface area contributed by atoms with E-state index in [1.807, 2.05) is 30.3 Å². The van der Waals surface area contributed by atoms with Crippen LogP contribution in [-0.4, -0.2) is 43.2 Å². The highest BCUT2D eigenvalue weighted by Crippen LogP contribution is 2.33. The minimum atomic E-state index is -0.151. The predicted molar refractivity (Wildman–Crippen MR) is 135 cm³/mol. The van der Waals surface area contributed by atoms with Crippen LogP contribution in [0.2, 0.25) is 0 Å². The van der Waals surface area contributed by atoms with Crippen LogP contribution in [0.1, 0.15) is 35.5 Å². The van der Waals surface area contributed by atoms with Crippen molar-refractivity contribution in [2.24, 2.45) is 0 Å². The summed E-state index contributed by atoms with van der Waals surface area (Å²) in [5, 5.41) is 0.726. The lowest BCUT2D eigenvalue weighted by molar-refractivity contribution is -0.107. The first-order chi connectivity index (χ1) is 14.5. The zero-order valence-electron chi connectivity index (χ0n) is 16.9. The number of nitrogens with zero attached hydrogens (tertiary/aromatic N) is 1. The van der Waals surface area contributed by atoms with Crippen LogP contribution < -0.4 is 4.74 Å². The minimum absolute atomic E-state index is 0.0660. The summed E-state index contributed by atoms with van der Waals surface area (Å²) in [6.45, 7) is 7.70. The number of rotatable bonds is 10. The van der Waals surface area contributed by atoms with Crippen LogP contribution in [0.4, 0.5) is 0 Å². The molecule has 2 aromatic carbocycles. The van der Waals surface area contributed by atoms with E-state index in [9.17, 15) is 9.59 Å². The SMILES string of the molecule is CCN(CC)CCOc1c(I)cc(C(=O)c2c(CC=O)oc3ccccc23)cc1I. The molecule has 0 aliphatic carbocycles. The third-order valence-corrected chi connectivity index (χ3v) is 6.58. The fraction of sp³-hybridized carbons (Fsp3) is 0.304. The summed E-state index contributed by atoms with van der Waals surface area (Å²) in [5.74, 6) is 1.05. The molecular weight excluding hydrogens is 608 g/mol. The Balaban J connectivity index is 1.90. The van der Waals surface area contributed by atoms with Crippen molar-refractivity contribution in [2.75, 3.05) is 26.2 Å². The monoisotopic (exact) mass is 631 g/mol. The van der Waals surface area contributed by atoms with Gasteiger partial charge in [0.05, 0.1) is 19.1 Å². The smallest absolute Gasteiger partial charge is 0.197 e. The van der Waals surface area contributed by atoms with Gasteiger partial charge in [0.25, 0.3) is 0 Å². The lowest BCUT2D eigenvalue weighted by Gasteiger charge is -2.19. The van der Waals surface area contributed by atoms with Crippen molar-refractivity contribution in [3.63, 3.8) is 0 Å². The second-order valence-corrected chi connectivity index (χ2v) is 9.07. The summed E-state index contributed by atoms with van der Waals surface area (Å²) < 4.78 is 13.6. The summed E-state index contributed by atoms with van der Waals surface area (Å²) in [7, 11) is 0. The normalized spacial score (nSPS) is 11.2. The lowest BCUT2D eigenvalue weighted by Crippen LogP contribution is -2.28. The van der Waals surface area contributed by atoms with Gasteiger partial charge in [-0.15, -0.1) is 0 Å². The highest BCUT2D eigenvalue weighted by Gasteiger charge is 2.23. The van der Waals surface area contributed by atoms with E-state index in [-0.39, 0.29) is 12.2 Å². The largest absolute Gasteiger partial charge is 0.490 e. The van der Waals surface area contributed by atoms with Crippen LogP contribution in [0.25, 0.3) is 11.0 Å². The van der Waals surface area contributed by atoms with Gasteiger partial charge >= 0.3 is 0 Å². The molecule has 0 aliphatic heterocycles. The molecule has 0 spiro atoms. The second kappa shape index (κ2) is 10.7. The number of fused-ring (bicyclic) bond motifs is 1. The van der Waals surface area contributed by atoms with Crippen LogP contribution in [0, 0.1) is 7.14 Å². The number of carbonyl (C=O) groups excluding carboxylic acids is 2. The first kappa shape index (κ1) is 23.2. The number of hydrogen-bond acceptors (Lipinski definition) is 5. The van der Waals surface area contributed by atoms with Gasteiger partial charge < -0.3 is 18.8 Å². The maximum atomic E-state index is 13.4. The van der Waals surface area contributed by atoms with Crippen molar-refractivity contribution in [1.82, 2.24) is 4.90 Å². The number of aldehydes is 1. The van der Waals surface area contributed by atoms with Gasteiger partial charge in [0.15, 0.2) is 5.78 Å². The molecule has 3 aromatic rings.